The molecule has 3 nitrogen and oxygen atoms in total. The molecular weight excluding hydrogens is 174 g/mol. The Morgan fingerprint density at radius 1 is 1.36 bits per heavy atom. The van der Waals surface area contributed by atoms with Crippen molar-refractivity contribution in [3.8, 4) is 0 Å². The molecule has 0 bridgehead atoms. The van der Waals surface area contributed by atoms with Gasteiger partial charge in [0.2, 0.25) is 5.52 Å². The standard InChI is InChI=1S/C11H14N3/c1-9(2)8-14-11-7-5-4-6-10(11)13(3)12-14/h4-8H,1-3H3/q+1. The summed E-state index contributed by atoms with van der Waals surface area (Å²) in [6, 6.07) is 8.19. The Labute approximate surface area is 83.3 Å². The lowest BCUT2D eigenvalue weighted by molar-refractivity contribution is -0.708. The van der Waals surface area contributed by atoms with Crippen LogP contribution in [0.5, 0.6) is 0 Å². The highest BCUT2D eigenvalue weighted by molar-refractivity contribution is 5.73. The van der Waals surface area contributed by atoms with Gasteiger partial charge in [0.15, 0.2) is 5.52 Å². The summed E-state index contributed by atoms with van der Waals surface area (Å²) in [5.41, 5.74) is 3.51. The lowest BCUT2D eigenvalue weighted by Gasteiger charge is -1.86. The summed E-state index contributed by atoms with van der Waals surface area (Å²) in [5.74, 6) is 0. The third-order valence-electron chi connectivity index (χ3n) is 2.09. The molecule has 0 radical (unpaired) electrons. The van der Waals surface area contributed by atoms with Gasteiger partial charge in [-0.2, -0.15) is 0 Å². The van der Waals surface area contributed by atoms with Crippen LogP contribution in [0.25, 0.3) is 17.2 Å². The van der Waals surface area contributed by atoms with Crippen molar-refractivity contribution in [1.29, 1.82) is 0 Å². The van der Waals surface area contributed by atoms with E-state index in [4.69, 9.17) is 0 Å². The van der Waals surface area contributed by atoms with Crippen LogP contribution in [0, 0.1) is 0 Å². The average Bonchev–Trinajstić information content (AvgIpc) is 2.44. The Morgan fingerprint density at radius 3 is 2.79 bits per heavy atom. The third-order valence-corrected chi connectivity index (χ3v) is 2.09. The summed E-state index contributed by atoms with van der Waals surface area (Å²) < 4.78 is 3.79. The van der Waals surface area contributed by atoms with Crippen LogP contribution >= 0.6 is 0 Å². The molecule has 1 aromatic heterocycles. The van der Waals surface area contributed by atoms with Crippen LogP contribution in [0.1, 0.15) is 13.8 Å². The minimum Gasteiger partial charge on any atom is -0.132 e. The number of fused-ring (bicyclic) bond motifs is 1. The second kappa shape index (κ2) is 3.25. The number of hydrogen-bond donors (Lipinski definition) is 0. The Morgan fingerprint density at radius 2 is 2.07 bits per heavy atom. The van der Waals surface area contributed by atoms with E-state index in [1.54, 1.807) is 0 Å². The Kier molecular flexibility index (Phi) is 2.08. The number of benzene rings is 1. The van der Waals surface area contributed by atoms with Gasteiger partial charge in [-0.1, -0.05) is 12.1 Å². The molecule has 0 aliphatic heterocycles. The van der Waals surface area contributed by atoms with Crippen LogP contribution in [0.4, 0.5) is 0 Å². The summed E-state index contributed by atoms with van der Waals surface area (Å²) >= 11 is 0. The zero-order valence-electron chi connectivity index (χ0n) is 8.73. The van der Waals surface area contributed by atoms with Crippen LogP contribution in [0.15, 0.2) is 29.8 Å². The normalized spacial score (nSPS) is 10.5. The summed E-state index contributed by atoms with van der Waals surface area (Å²) in [6.45, 7) is 4.13. The van der Waals surface area contributed by atoms with Crippen molar-refractivity contribution in [2.24, 2.45) is 7.05 Å². The van der Waals surface area contributed by atoms with Crippen molar-refractivity contribution in [2.45, 2.75) is 13.8 Å². The van der Waals surface area contributed by atoms with E-state index in [0.717, 1.165) is 11.0 Å². The molecule has 72 valence electrons. The molecule has 1 heterocycles. The summed E-state index contributed by atoms with van der Waals surface area (Å²) in [6.07, 6.45) is 2.03. The quantitative estimate of drug-likeness (QED) is 0.625. The maximum atomic E-state index is 4.39. The fourth-order valence-electron chi connectivity index (χ4n) is 1.51. The Bertz CT molecular complexity index is 490. The zero-order chi connectivity index (χ0) is 10.1. The van der Waals surface area contributed by atoms with Gasteiger partial charge in [-0.05, 0) is 31.6 Å². The molecule has 2 aromatic rings. The zero-order valence-corrected chi connectivity index (χ0v) is 8.73. The molecule has 14 heavy (non-hydrogen) atoms. The van der Waals surface area contributed by atoms with Gasteiger partial charge < -0.3 is 0 Å². The van der Waals surface area contributed by atoms with E-state index in [1.807, 2.05) is 34.7 Å². The van der Waals surface area contributed by atoms with E-state index in [0.29, 0.717) is 0 Å². The second-order valence-electron chi connectivity index (χ2n) is 3.65. The molecule has 0 unspecified atom stereocenters. The number of hydrogen-bond acceptors (Lipinski definition) is 1. The minimum atomic E-state index is 1.14. The molecule has 0 amide bonds. The fraction of sp³-hybridized carbons (Fsp3) is 0.273. The molecular formula is C11H14N3+. The van der Waals surface area contributed by atoms with Gasteiger partial charge in [0.05, 0.1) is 5.21 Å². The predicted molar refractivity (Wildman–Crippen MR) is 56.5 cm³/mol. The molecule has 0 spiro atoms. The monoisotopic (exact) mass is 188 g/mol. The Hall–Kier alpha value is -1.64. The lowest BCUT2D eigenvalue weighted by atomic mass is 10.3. The first-order valence-electron chi connectivity index (χ1n) is 4.67. The number of aromatic nitrogens is 3. The van der Waals surface area contributed by atoms with Crippen LogP contribution in [-0.4, -0.2) is 9.90 Å². The molecule has 0 saturated carbocycles. The summed E-state index contributed by atoms with van der Waals surface area (Å²) in [7, 11) is 1.96. The molecule has 0 aliphatic carbocycles. The number of rotatable bonds is 1. The van der Waals surface area contributed by atoms with Crippen molar-refractivity contribution in [3.05, 3.63) is 29.8 Å². The molecule has 0 saturated heterocycles. The number of aryl methyl sites for hydroxylation is 1. The van der Waals surface area contributed by atoms with Crippen LogP contribution in [-0.2, 0) is 7.05 Å². The average molecular weight is 188 g/mol. The molecule has 0 N–H and O–H groups in total. The summed E-state index contributed by atoms with van der Waals surface area (Å²) in [4.78, 5) is 0. The maximum Gasteiger partial charge on any atom is 0.203 e. The largest absolute Gasteiger partial charge is 0.203 e. The van der Waals surface area contributed by atoms with E-state index in [1.165, 1.54) is 5.57 Å². The van der Waals surface area contributed by atoms with E-state index in [9.17, 15) is 0 Å². The van der Waals surface area contributed by atoms with Crippen molar-refractivity contribution >= 4 is 17.2 Å². The number of para-hydroxylation sites is 2. The van der Waals surface area contributed by atoms with Gasteiger partial charge >= 0.3 is 0 Å². The highest BCUT2D eigenvalue weighted by atomic mass is 15.5. The number of allylic oxidation sites excluding steroid dienone is 1. The number of nitrogens with zero attached hydrogens (tertiary/aromatic N) is 3. The van der Waals surface area contributed by atoms with Gasteiger partial charge in [0.1, 0.15) is 13.2 Å². The second-order valence-corrected chi connectivity index (χ2v) is 3.65. The van der Waals surface area contributed by atoms with E-state index in [2.05, 4.69) is 31.2 Å². The fourth-order valence-corrected chi connectivity index (χ4v) is 1.51. The molecule has 2 rings (SSSR count). The van der Waals surface area contributed by atoms with Gasteiger partial charge in [-0.3, -0.25) is 0 Å². The highest BCUT2D eigenvalue weighted by Crippen LogP contribution is 2.09. The smallest absolute Gasteiger partial charge is 0.132 e. The van der Waals surface area contributed by atoms with Crippen molar-refractivity contribution in [1.82, 2.24) is 9.90 Å². The Balaban J connectivity index is 2.73. The molecule has 1 aromatic carbocycles. The minimum absolute atomic E-state index is 1.14. The first-order chi connectivity index (χ1) is 6.68. The van der Waals surface area contributed by atoms with Crippen LogP contribution in [0.3, 0.4) is 0 Å². The van der Waals surface area contributed by atoms with Gasteiger partial charge in [0, 0.05) is 0 Å². The topological polar surface area (TPSA) is 21.7 Å². The van der Waals surface area contributed by atoms with Crippen LogP contribution in [0.2, 0.25) is 0 Å². The predicted octanol–water partition coefficient (Wildman–Crippen LogP) is 1.74. The third kappa shape index (κ3) is 1.41. The first-order valence-corrected chi connectivity index (χ1v) is 4.67. The molecule has 3 heteroatoms. The van der Waals surface area contributed by atoms with Gasteiger partial charge in [0.25, 0.3) is 0 Å². The van der Waals surface area contributed by atoms with Crippen molar-refractivity contribution < 1.29 is 4.68 Å². The first kappa shape index (κ1) is 8.94. The van der Waals surface area contributed by atoms with E-state index in [-0.39, 0.29) is 0 Å². The molecule has 0 atom stereocenters. The van der Waals surface area contributed by atoms with Gasteiger partial charge in [-0.15, -0.1) is 9.36 Å². The lowest BCUT2D eigenvalue weighted by Crippen LogP contribution is -2.31. The van der Waals surface area contributed by atoms with Gasteiger partial charge in [-0.25, -0.2) is 0 Å². The molecule has 0 aliphatic rings. The van der Waals surface area contributed by atoms with E-state index < -0.39 is 0 Å². The van der Waals surface area contributed by atoms with Crippen LogP contribution < -0.4 is 4.68 Å². The summed E-state index contributed by atoms with van der Waals surface area (Å²) in [5, 5.41) is 4.39. The maximum absolute atomic E-state index is 4.39. The van der Waals surface area contributed by atoms with E-state index >= 15 is 0 Å². The van der Waals surface area contributed by atoms with Crippen molar-refractivity contribution in [2.75, 3.05) is 0 Å². The van der Waals surface area contributed by atoms with Crippen molar-refractivity contribution in [3.63, 3.8) is 0 Å². The molecule has 0 fully saturated rings. The SMILES string of the molecule is CC(C)=Cn1n[n+](C)c2ccccc21. The highest BCUT2D eigenvalue weighted by Gasteiger charge is 2.11.